The molecule has 102 valence electrons. The van der Waals surface area contributed by atoms with Gasteiger partial charge in [0, 0.05) is 6.54 Å². The van der Waals surface area contributed by atoms with Crippen molar-refractivity contribution < 1.29 is 12.8 Å². The fraction of sp³-hybridized carbons (Fsp3) is 0.231. The molecule has 0 spiro atoms. The van der Waals surface area contributed by atoms with Crippen molar-refractivity contribution in [2.75, 3.05) is 6.54 Å². The van der Waals surface area contributed by atoms with Crippen molar-refractivity contribution in [1.29, 1.82) is 0 Å². The van der Waals surface area contributed by atoms with Crippen molar-refractivity contribution in [3.63, 3.8) is 0 Å². The number of sulfonamides is 1. The minimum Gasteiger partial charge on any atom is -0.211 e. The SMILES string of the molecule is Cc1cc(F)ccc1S(=O)(=O)NCCc1ccsc1. The van der Waals surface area contributed by atoms with E-state index in [0.717, 1.165) is 11.6 Å². The van der Waals surface area contributed by atoms with Crippen LogP contribution in [-0.4, -0.2) is 15.0 Å². The average molecular weight is 299 g/mol. The molecule has 0 aliphatic carbocycles. The lowest BCUT2D eigenvalue weighted by molar-refractivity contribution is 0.580. The number of nitrogens with one attached hydrogen (secondary N) is 1. The van der Waals surface area contributed by atoms with Crippen molar-refractivity contribution in [3.8, 4) is 0 Å². The molecular formula is C13H14FNO2S2. The predicted molar refractivity (Wildman–Crippen MR) is 74.3 cm³/mol. The second-order valence-electron chi connectivity index (χ2n) is 4.19. The molecule has 1 N–H and O–H groups in total. The van der Waals surface area contributed by atoms with Crippen LogP contribution in [0.15, 0.2) is 39.9 Å². The van der Waals surface area contributed by atoms with Crippen molar-refractivity contribution in [2.24, 2.45) is 0 Å². The predicted octanol–water partition coefficient (Wildman–Crippen LogP) is 2.72. The third-order valence-corrected chi connectivity index (χ3v) is 5.07. The number of hydrogen-bond acceptors (Lipinski definition) is 3. The molecule has 0 saturated carbocycles. The van der Waals surface area contributed by atoms with E-state index in [2.05, 4.69) is 4.72 Å². The zero-order valence-electron chi connectivity index (χ0n) is 10.4. The van der Waals surface area contributed by atoms with Crippen molar-refractivity contribution in [1.82, 2.24) is 4.72 Å². The van der Waals surface area contributed by atoms with Crippen LogP contribution >= 0.6 is 11.3 Å². The number of thiophene rings is 1. The molecule has 0 fully saturated rings. The van der Waals surface area contributed by atoms with E-state index in [4.69, 9.17) is 0 Å². The molecule has 0 unspecified atom stereocenters. The van der Waals surface area contributed by atoms with Gasteiger partial charge in [0.05, 0.1) is 4.90 Å². The van der Waals surface area contributed by atoms with Crippen LogP contribution in [-0.2, 0) is 16.4 Å². The average Bonchev–Trinajstić information content (AvgIpc) is 2.81. The van der Waals surface area contributed by atoms with Crippen LogP contribution in [0, 0.1) is 12.7 Å². The summed E-state index contributed by atoms with van der Waals surface area (Å²) in [7, 11) is -3.57. The van der Waals surface area contributed by atoms with Gasteiger partial charge in [-0.1, -0.05) is 0 Å². The largest absolute Gasteiger partial charge is 0.240 e. The summed E-state index contributed by atoms with van der Waals surface area (Å²) in [4.78, 5) is 0.124. The van der Waals surface area contributed by atoms with Gasteiger partial charge in [-0.05, 0) is 59.5 Å². The second kappa shape index (κ2) is 5.81. The van der Waals surface area contributed by atoms with Gasteiger partial charge in [-0.25, -0.2) is 17.5 Å². The quantitative estimate of drug-likeness (QED) is 0.922. The summed E-state index contributed by atoms with van der Waals surface area (Å²) in [5.74, 6) is -0.435. The first kappa shape index (κ1) is 14.2. The molecule has 6 heteroatoms. The van der Waals surface area contributed by atoms with Gasteiger partial charge >= 0.3 is 0 Å². The first-order valence-electron chi connectivity index (χ1n) is 5.76. The Bertz CT molecular complexity index is 651. The maximum Gasteiger partial charge on any atom is 0.240 e. The molecule has 2 rings (SSSR count). The Labute approximate surface area is 116 Å². The number of hydrogen-bond donors (Lipinski definition) is 1. The molecule has 0 radical (unpaired) electrons. The lowest BCUT2D eigenvalue weighted by Gasteiger charge is -2.08. The van der Waals surface area contributed by atoms with Gasteiger partial charge in [0.1, 0.15) is 5.82 Å². The van der Waals surface area contributed by atoms with E-state index in [-0.39, 0.29) is 4.90 Å². The minimum absolute atomic E-state index is 0.124. The third kappa shape index (κ3) is 3.62. The normalized spacial score (nSPS) is 11.7. The fourth-order valence-corrected chi connectivity index (χ4v) is 3.72. The van der Waals surface area contributed by atoms with E-state index in [0.29, 0.717) is 18.5 Å². The second-order valence-corrected chi connectivity index (χ2v) is 6.70. The molecule has 0 aliphatic heterocycles. The van der Waals surface area contributed by atoms with Crippen LogP contribution in [0.25, 0.3) is 0 Å². The molecule has 3 nitrogen and oxygen atoms in total. The lowest BCUT2D eigenvalue weighted by Crippen LogP contribution is -2.26. The molecular weight excluding hydrogens is 285 g/mol. The summed E-state index contributed by atoms with van der Waals surface area (Å²) in [6.45, 7) is 1.91. The van der Waals surface area contributed by atoms with Crippen LogP contribution in [0.5, 0.6) is 0 Å². The number of rotatable bonds is 5. The molecule has 2 aromatic rings. The van der Waals surface area contributed by atoms with Crippen LogP contribution in [0.2, 0.25) is 0 Å². The Kier molecular flexibility index (Phi) is 4.34. The number of benzene rings is 1. The molecule has 1 aromatic carbocycles. The summed E-state index contributed by atoms with van der Waals surface area (Å²) in [6, 6.07) is 5.62. The Morgan fingerprint density at radius 2 is 2.11 bits per heavy atom. The molecule has 0 bridgehead atoms. The zero-order chi connectivity index (χ0) is 13.9. The lowest BCUT2D eigenvalue weighted by atomic mass is 10.2. The highest BCUT2D eigenvalue weighted by molar-refractivity contribution is 7.89. The molecule has 0 aliphatic rings. The van der Waals surface area contributed by atoms with Gasteiger partial charge in [-0.3, -0.25) is 0 Å². The Hall–Kier alpha value is -1.24. The van der Waals surface area contributed by atoms with Crippen molar-refractivity contribution >= 4 is 21.4 Å². The van der Waals surface area contributed by atoms with Gasteiger partial charge in [0.25, 0.3) is 0 Å². The smallest absolute Gasteiger partial charge is 0.211 e. The van der Waals surface area contributed by atoms with Crippen LogP contribution in [0.4, 0.5) is 4.39 Å². The molecule has 0 atom stereocenters. The molecule has 1 aromatic heterocycles. The highest BCUT2D eigenvalue weighted by Crippen LogP contribution is 2.16. The van der Waals surface area contributed by atoms with E-state index in [9.17, 15) is 12.8 Å². The topological polar surface area (TPSA) is 46.2 Å². The Morgan fingerprint density at radius 3 is 2.74 bits per heavy atom. The Morgan fingerprint density at radius 1 is 1.32 bits per heavy atom. The molecule has 1 heterocycles. The van der Waals surface area contributed by atoms with Gasteiger partial charge in [0.15, 0.2) is 0 Å². The van der Waals surface area contributed by atoms with Gasteiger partial charge in [-0.2, -0.15) is 11.3 Å². The van der Waals surface area contributed by atoms with E-state index < -0.39 is 15.8 Å². The molecule has 19 heavy (non-hydrogen) atoms. The first-order chi connectivity index (χ1) is 8.99. The van der Waals surface area contributed by atoms with Crippen LogP contribution < -0.4 is 4.72 Å². The van der Waals surface area contributed by atoms with Crippen molar-refractivity contribution in [2.45, 2.75) is 18.2 Å². The number of aryl methyl sites for hydroxylation is 1. The van der Waals surface area contributed by atoms with Crippen LogP contribution in [0.3, 0.4) is 0 Å². The minimum atomic E-state index is -3.57. The Balaban J connectivity index is 2.05. The molecule has 0 amide bonds. The monoisotopic (exact) mass is 299 g/mol. The molecule has 0 saturated heterocycles. The third-order valence-electron chi connectivity index (χ3n) is 2.71. The van der Waals surface area contributed by atoms with E-state index >= 15 is 0 Å². The summed E-state index contributed by atoms with van der Waals surface area (Å²) in [5.41, 5.74) is 1.51. The van der Waals surface area contributed by atoms with Crippen LogP contribution in [0.1, 0.15) is 11.1 Å². The first-order valence-corrected chi connectivity index (χ1v) is 8.18. The van der Waals surface area contributed by atoms with Gasteiger partial charge in [0.2, 0.25) is 10.0 Å². The number of halogens is 1. The highest BCUT2D eigenvalue weighted by atomic mass is 32.2. The summed E-state index contributed by atoms with van der Waals surface area (Å²) in [5, 5.41) is 3.94. The van der Waals surface area contributed by atoms with Crippen molar-refractivity contribution in [3.05, 3.63) is 52.0 Å². The summed E-state index contributed by atoms with van der Waals surface area (Å²) < 4.78 is 39.6. The maximum atomic E-state index is 13.0. The highest BCUT2D eigenvalue weighted by Gasteiger charge is 2.16. The standard InChI is InChI=1S/C13H14FNO2S2/c1-10-8-12(14)2-3-13(10)19(16,17)15-6-4-11-5-7-18-9-11/h2-3,5,7-9,15H,4,6H2,1H3. The summed E-state index contributed by atoms with van der Waals surface area (Å²) in [6.07, 6.45) is 0.642. The van der Waals surface area contributed by atoms with Gasteiger partial charge < -0.3 is 0 Å². The fourth-order valence-electron chi connectivity index (χ4n) is 1.76. The van der Waals surface area contributed by atoms with Gasteiger partial charge in [-0.15, -0.1) is 0 Å². The van der Waals surface area contributed by atoms with E-state index in [1.165, 1.54) is 12.1 Å². The van der Waals surface area contributed by atoms with E-state index in [1.807, 2.05) is 16.8 Å². The zero-order valence-corrected chi connectivity index (χ0v) is 12.0. The van der Waals surface area contributed by atoms with E-state index in [1.54, 1.807) is 18.3 Å². The summed E-state index contributed by atoms with van der Waals surface area (Å²) >= 11 is 1.58. The maximum absolute atomic E-state index is 13.0.